The van der Waals surface area contributed by atoms with Crippen molar-refractivity contribution < 1.29 is 13.9 Å². The molecule has 0 aliphatic heterocycles. The fourth-order valence-electron chi connectivity index (χ4n) is 3.57. The Hall–Kier alpha value is -4.54. The predicted molar refractivity (Wildman–Crippen MR) is 112 cm³/mol. The highest BCUT2D eigenvalue weighted by Crippen LogP contribution is 2.31. The molecular weight excluding hydrogens is 417 g/mol. The van der Waals surface area contributed by atoms with Crippen molar-refractivity contribution in [3.63, 3.8) is 0 Å². The molecule has 160 valence electrons. The van der Waals surface area contributed by atoms with Gasteiger partial charge >= 0.3 is 11.6 Å². The van der Waals surface area contributed by atoms with Crippen LogP contribution in [0.25, 0.3) is 28.0 Å². The zero-order valence-corrected chi connectivity index (χ0v) is 16.8. The van der Waals surface area contributed by atoms with E-state index in [0.717, 1.165) is 0 Å². The number of fused-ring (bicyclic) bond motifs is 1. The Morgan fingerprint density at radius 2 is 1.91 bits per heavy atom. The average Bonchev–Trinajstić information content (AvgIpc) is 3.33. The van der Waals surface area contributed by atoms with E-state index in [1.165, 1.54) is 33.5 Å². The smallest absolute Gasteiger partial charge is 0.361 e. The Kier molecular flexibility index (Phi) is 4.43. The second kappa shape index (κ2) is 7.30. The first-order valence-electron chi connectivity index (χ1n) is 9.62. The number of hydrogen-bond acceptors (Lipinski definition) is 6. The fraction of sp³-hybridized carbons (Fsp3) is 0.0952. The highest BCUT2D eigenvalue weighted by molar-refractivity contribution is 5.88. The van der Waals surface area contributed by atoms with Gasteiger partial charge in [-0.05, 0) is 37.3 Å². The van der Waals surface area contributed by atoms with Crippen molar-refractivity contribution in [2.75, 3.05) is 5.73 Å². The number of H-pyrrole nitrogens is 2. The van der Waals surface area contributed by atoms with Crippen LogP contribution in [-0.2, 0) is 6.54 Å². The molecular formula is C21H17FN7O3+. The Morgan fingerprint density at radius 3 is 2.56 bits per heavy atom. The molecule has 0 saturated carbocycles. The predicted octanol–water partition coefficient (Wildman–Crippen LogP) is 1.40. The first-order valence-corrected chi connectivity index (χ1v) is 9.62. The zero-order valence-electron chi connectivity index (χ0n) is 16.8. The van der Waals surface area contributed by atoms with E-state index in [4.69, 9.17) is 10.3 Å². The van der Waals surface area contributed by atoms with Gasteiger partial charge < -0.3 is 9.51 Å². The lowest BCUT2D eigenvalue weighted by atomic mass is 10.0. The van der Waals surface area contributed by atoms with Crippen molar-refractivity contribution >= 4 is 11.6 Å². The lowest BCUT2D eigenvalue weighted by Crippen LogP contribution is -2.28. The molecule has 32 heavy (non-hydrogen) atoms. The molecule has 0 aliphatic carbocycles. The van der Waals surface area contributed by atoms with E-state index in [0.29, 0.717) is 33.8 Å². The molecule has 0 fully saturated rings. The molecule has 0 unspecified atom stereocenters. The number of aromatic nitrogens is 6. The summed E-state index contributed by atoms with van der Waals surface area (Å²) in [6, 6.07) is 10.5. The average molecular weight is 434 g/mol. The quantitative estimate of drug-likeness (QED) is 0.438. The van der Waals surface area contributed by atoms with E-state index in [1.54, 1.807) is 31.2 Å². The molecule has 0 atom stereocenters. The van der Waals surface area contributed by atoms with Gasteiger partial charge in [0.25, 0.3) is 0 Å². The third-order valence-electron chi connectivity index (χ3n) is 5.00. The third kappa shape index (κ3) is 3.25. The van der Waals surface area contributed by atoms with Gasteiger partial charge in [0.05, 0.1) is 12.1 Å². The van der Waals surface area contributed by atoms with Crippen molar-refractivity contribution in [2.45, 2.75) is 13.5 Å². The van der Waals surface area contributed by atoms with Crippen LogP contribution >= 0.6 is 0 Å². The van der Waals surface area contributed by atoms with Gasteiger partial charge in [0, 0.05) is 29.5 Å². The van der Waals surface area contributed by atoms with Gasteiger partial charge in [0.2, 0.25) is 11.2 Å². The molecule has 11 heteroatoms. The zero-order chi connectivity index (χ0) is 22.4. The maximum atomic E-state index is 13.5. The fourth-order valence-corrected chi connectivity index (χ4v) is 3.57. The number of nitrogens with zero attached hydrogens (tertiary/aromatic N) is 4. The Balaban J connectivity index is 1.81. The number of benzene rings is 1. The Bertz CT molecular complexity index is 1560. The summed E-state index contributed by atoms with van der Waals surface area (Å²) >= 11 is 0. The first kappa shape index (κ1) is 19.4. The summed E-state index contributed by atoms with van der Waals surface area (Å²) in [5.74, 6) is 0.258. The molecule has 0 saturated heterocycles. The molecule has 5 aromatic rings. The number of hydrogen-bond donors (Lipinski definition) is 2. The van der Waals surface area contributed by atoms with Crippen LogP contribution in [0.3, 0.4) is 0 Å². The van der Waals surface area contributed by atoms with Crippen molar-refractivity contribution in [1.29, 1.82) is 0 Å². The van der Waals surface area contributed by atoms with Gasteiger partial charge in [-0.3, -0.25) is 10.5 Å². The van der Waals surface area contributed by atoms with E-state index in [-0.39, 0.29) is 23.7 Å². The minimum Gasteiger partial charge on any atom is -0.361 e. The summed E-state index contributed by atoms with van der Waals surface area (Å²) in [6.07, 6.45) is 1.51. The van der Waals surface area contributed by atoms with Crippen LogP contribution in [0.4, 0.5) is 10.3 Å². The van der Waals surface area contributed by atoms with Gasteiger partial charge in [-0.1, -0.05) is 5.16 Å². The van der Waals surface area contributed by atoms with E-state index < -0.39 is 11.5 Å². The summed E-state index contributed by atoms with van der Waals surface area (Å²) < 4.78 is 21.0. The molecule has 0 radical (unpaired) electrons. The minimum atomic E-state index is -0.481. The van der Waals surface area contributed by atoms with Crippen molar-refractivity contribution in [3.8, 4) is 22.4 Å². The van der Waals surface area contributed by atoms with Crippen LogP contribution in [0.1, 0.15) is 11.5 Å². The summed E-state index contributed by atoms with van der Waals surface area (Å²) in [4.78, 5) is 30.4. The number of nitrogens with two attached hydrogens (primary N) is 1. The van der Waals surface area contributed by atoms with Gasteiger partial charge in [-0.2, -0.15) is 4.68 Å². The molecule has 0 spiro atoms. The molecule has 4 N–H and O–H groups in total. The molecule has 10 nitrogen and oxygen atoms in total. The summed E-state index contributed by atoms with van der Waals surface area (Å²) in [5, 5.41) is 8.41. The van der Waals surface area contributed by atoms with Crippen LogP contribution < -0.4 is 22.0 Å². The second-order valence-electron chi connectivity index (χ2n) is 7.24. The number of nitrogen functional groups attached to an aromatic ring is 1. The Labute approximate surface area is 178 Å². The number of aryl methyl sites for hydroxylation is 1. The van der Waals surface area contributed by atoms with Crippen LogP contribution in [-0.4, -0.2) is 24.3 Å². The Morgan fingerprint density at radius 1 is 1.16 bits per heavy atom. The summed E-state index contributed by atoms with van der Waals surface area (Å²) in [6.45, 7) is 1.83. The van der Waals surface area contributed by atoms with E-state index in [2.05, 4.69) is 20.2 Å². The van der Waals surface area contributed by atoms with Crippen LogP contribution in [0.15, 0.2) is 62.8 Å². The van der Waals surface area contributed by atoms with Crippen LogP contribution in [0.5, 0.6) is 0 Å². The molecule has 5 rings (SSSR count). The number of nitrogens with one attached hydrogen (secondary N) is 2. The lowest BCUT2D eigenvalue weighted by Gasteiger charge is -2.08. The lowest BCUT2D eigenvalue weighted by molar-refractivity contribution is -0.351. The highest BCUT2D eigenvalue weighted by Gasteiger charge is 2.26. The van der Waals surface area contributed by atoms with E-state index in [1.807, 2.05) is 0 Å². The molecule has 4 aromatic heterocycles. The van der Waals surface area contributed by atoms with Crippen molar-refractivity contribution in [3.05, 3.63) is 86.8 Å². The minimum absolute atomic E-state index is 0.0417. The maximum absolute atomic E-state index is 13.5. The first-order chi connectivity index (χ1) is 15.4. The largest absolute Gasteiger partial charge is 0.411 e. The third-order valence-corrected chi connectivity index (χ3v) is 5.00. The maximum Gasteiger partial charge on any atom is 0.411 e. The second-order valence-corrected chi connectivity index (χ2v) is 7.24. The summed E-state index contributed by atoms with van der Waals surface area (Å²) in [5.41, 5.74) is 8.45. The topological polar surface area (TPSA) is 138 Å². The van der Waals surface area contributed by atoms with Crippen molar-refractivity contribution in [1.82, 2.24) is 24.3 Å². The number of halogens is 1. The molecule has 4 heterocycles. The number of aromatic amines is 2. The van der Waals surface area contributed by atoms with Gasteiger partial charge in [0.15, 0.2) is 0 Å². The van der Waals surface area contributed by atoms with Gasteiger partial charge in [-0.15, -0.1) is 9.50 Å². The number of anilines is 1. The van der Waals surface area contributed by atoms with Crippen LogP contribution in [0, 0.1) is 12.7 Å². The van der Waals surface area contributed by atoms with Gasteiger partial charge in [-0.25, -0.2) is 14.2 Å². The normalized spacial score (nSPS) is 11.3. The van der Waals surface area contributed by atoms with Crippen LogP contribution in [0.2, 0.25) is 0 Å². The van der Waals surface area contributed by atoms with Gasteiger partial charge in [0.1, 0.15) is 23.0 Å². The number of rotatable bonds is 4. The van der Waals surface area contributed by atoms with E-state index >= 15 is 0 Å². The molecule has 1 aromatic carbocycles. The summed E-state index contributed by atoms with van der Waals surface area (Å²) in [7, 11) is 0. The molecule has 0 amide bonds. The highest BCUT2D eigenvalue weighted by atomic mass is 19.1. The van der Waals surface area contributed by atoms with Crippen molar-refractivity contribution in [2.24, 2.45) is 0 Å². The number of pyridine rings is 1. The SMILES string of the molecule is Cc1cc(Cn2nc3c(-c4ccc(=O)[nH]c4)c(-c4ccc(F)cc4)[nH+]c(N)n3c2=O)no1. The molecule has 0 bridgehead atoms. The molecule has 0 aliphatic rings. The van der Waals surface area contributed by atoms with E-state index in [9.17, 15) is 14.0 Å². The monoisotopic (exact) mass is 434 g/mol. The standard InChI is InChI=1S/C21H16FN7O3/c1-11-8-15(27-32-11)10-28-21(31)29-19(26-28)17(13-4-7-16(30)24-9-13)18(25-20(29)23)12-2-5-14(22)6-3-12/h2-9H,10H2,1H3,(H2,23,25)(H,24,30)/p+1.